The van der Waals surface area contributed by atoms with Gasteiger partial charge in [0.15, 0.2) is 0 Å². The third-order valence-electron chi connectivity index (χ3n) is 5.09. The molecule has 148 valence electrons. The molecule has 0 N–H and O–H groups in total. The van der Waals surface area contributed by atoms with Gasteiger partial charge in [0.1, 0.15) is 0 Å². The van der Waals surface area contributed by atoms with Crippen molar-refractivity contribution in [1.82, 2.24) is 4.90 Å². The molecule has 0 aliphatic heterocycles. The van der Waals surface area contributed by atoms with Gasteiger partial charge in [-0.05, 0) is 29.5 Å². The summed E-state index contributed by atoms with van der Waals surface area (Å²) < 4.78 is 0. The van der Waals surface area contributed by atoms with Crippen molar-refractivity contribution in [3.63, 3.8) is 0 Å². The summed E-state index contributed by atoms with van der Waals surface area (Å²) in [6, 6.07) is 26.5. The van der Waals surface area contributed by atoms with Crippen LogP contribution in [-0.4, -0.2) is 22.8 Å². The maximum Gasteiger partial charge on any atom is 0.269 e. The first-order valence-electron chi connectivity index (χ1n) is 9.62. The Morgan fingerprint density at radius 1 is 0.897 bits per heavy atom. The Kier molecular flexibility index (Phi) is 6.74. The van der Waals surface area contributed by atoms with Gasteiger partial charge in [-0.1, -0.05) is 72.8 Å². The van der Waals surface area contributed by atoms with Gasteiger partial charge in [-0.25, -0.2) is 0 Å². The van der Waals surface area contributed by atoms with Crippen LogP contribution in [0.4, 0.5) is 5.69 Å². The number of hydrogen-bond donors (Lipinski definition) is 0. The number of non-ortho nitro benzene ring substituents is 1. The normalized spacial score (nSPS) is 11.6. The summed E-state index contributed by atoms with van der Waals surface area (Å²) in [4.78, 5) is 25.1. The first-order valence-corrected chi connectivity index (χ1v) is 9.62. The zero-order valence-electron chi connectivity index (χ0n) is 16.4. The highest BCUT2D eigenvalue weighted by Gasteiger charge is 2.22. The number of likely N-dealkylation sites (N-methyl/N-ethyl adjacent to an activating group) is 1. The van der Waals surface area contributed by atoms with Crippen LogP contribution < -0.4 is 0 Å². The van der Waals surface area contributed by atoms with E-state index in [0.29, 0.717) is 12.8 Å². The lowest BCUT2D eigenvalue weighted by Crippen LogP contribution is -2.32. The predicted octanol–water partition coefficient (Wildman–Crippen LogP) is 4.97. The molecular weight excluding hydrogens is 364 g/mol. The lowest BCUT2D eigenvalue weighted by molar-refractivity contribution is -0.384. The smallest absolute Gasteiger partial charge is 0.269 e. The molecule has 29 heavy (non-hydrogen) atoms. The molecule has 1 amide bonds. The first-order chi connectivity index (χ1) is 14.0. The fraction of sp³-hybridized carbons (Fsp3) is 0.208. The average Bonchev–Trinajstić information content (AvgIpc) is 2.77. The van der Waals surface area contributed by atoms with Crippen molar-refractivity contribution >= 4 is 11.6 Å². The molecule has 0 saturated heterocycles. The number of nitro benzene ring substituents is 1. The maximum atomic E-state index is 12.9. The molecule has 0 aliphatic carbocycles. The molecule has 3 aromatic carbocycles. The zero-order valence-corrected chi connectivity index (χ0v) is 16.4. The second-order valence-corrected chi connectivity index (χ2v) is 7.04. The average molecular weight is 388 g/mol. The Bertz CT molecular complexity index is 941. The largest absolute Gasteiger partial charge is 0.338 e. The van der Waals surface area contributed by atoms with Crippen LogP contribution in [0, 0.1) is 10.1 Å². The zero-order chi connectivity index (χ0) is 20.6. The number of rotatable bonds is 8. The minimum Gasteiger partial charge on any atom is -0.338 e. The number of carbonyl (C=O) groups excluding carboxylic acids is 1. The quantitative estimate of drug-likeness (QED) is 0.404. The summed E-state index contributed by atoms with van der Waals surface area (Å²) in [5.41, 5.74) is 3.25. The van der Waals surface area contributed by atoms with Crippen molar-refractivity contribution in [2.45, 2.75) is 25.3 Å². The maximum absolute atomic E-state index is 12.9. The minimum absolute atomic E-state index is 0.0492. The number of hydrogen-bond acceptors (Lipinski definition) is 3. The van der Waals surface area contributed by atoms with Gasteiger partial charge in [0, 0.05) is 25.6 Å². The lowest BCUT2D eigenvalue weighted by Gasteiger charge is -2.29. The molecule has 1 atom stereocenters. The van der Waals surface area contributed by atoms with Gasteiger partial charge >= 0.3 is 0 Å². The predicted molar refractivity (Wildman–Crippen MR) is 114 cm³/mol. The first kappa shape index (κ1) is 20.3. The molecule has 3 rings (SSSR count). The number of nitrogens with zero attached hydrogens (tertiary/aromatic N) is 2. The van der Waals surface area contributed by atoms with Gasteiger partial charge in [-0.3, -0.25) is 14.9 Å². The highest BCUT2D eigenvalue weighted by molar-refractivity contribution is 5.76. The van der Waals surface area contributed by atoms with E-state index in [1.807, 2.05) is 60.5 Å². The van der Waals surface area contributed by atoms with E-state index in [1.54, 1.807) is 12.1 Å². The van der Waals surface area contributed by atoms with Crippen molar-refractivity contribution in [2.75, 3.05) is 7.05 Å². The molecule has 0 radical (unpaired) electrons. The number of aryl methyl sites for hydroxylation is 1. The third-order valence-corrected chi connectivity index (χ3v) is 5.09. The second-order valence-electron chi connectivity index (χ2n) is 7.04. The van der Waals surface area contributed by atoms with Crippen LogP contribution in [-0.2, 0) is 17.6 Å². The van der Waals surface area contributed by atoms with Crippen LogP contribution in [0.2, 0.25) is 0 Å². The van der Waals surface area contributed by atoms with Crippen molar-refractivity contribution in [1.29, 1.82) is 0 Å². The molecule has 0 spiro atoms. The van der Waals surface area contributed by atoms with Crippen LogP contribution in [0.25, 0.3) is 0 Å². The van der Waals surface area contributed by atoms with E-state index in [0.717, 1.165) is 17.5 Å². The highest BCUT2D eigenvalue weighted by atomic mass is 16.6. The molecule has 0 saturated carbocycles. The van der Waals surface area contributed by atoms with E-state index in [-0.39, 0.29) is 17.6 Å². The summed E-state index contributed by atoms with van der Waals surface area (Å²) in [6.45, 7) is 0. The Balaban J connectivity index is 1.70. The number of amides is 1. The third kappa shape index (κ3) is 5.51. The van der Waals surface area contributed by atoms with Crippen molar-refractivity contribution in [3.05, 3.63) is 112 Å². The van der Waals surface area contributed by atoms with E-state index in [4.69, 9.17) is 0 Å². The molecule has 3 aromatic rings. The fourth-order valence-corrected chi connectivity index (χ4v) is 3.38. The van der Waals surface area contributed by atoms with Gasteiger partial charge in [-0.2, -0.15) is 0 Å². The van der Waals surface area contributed by atoms with Gasteiger partial charge in [0.25, 0.3) is 5.69 Å². The molecule has 0 fully saturated rings. The van der Waals surface area contributed by atoms with Crippen LogP contribution in [0.15, 0.2) is 84.9 Å². The molecule has 0 aromatic heterocycles. The molecule has 1 unspecified atom stereocenters. The molecule has 0 aliphatic rings. The number of carbonyl (C=O) groups is 1. The molecule has 5 heteroatoms. The van der Waals surface area contributed by atoms with Crippen LogP contribution in [0.3, 0.4) is 0 Å². The summed E-state index contributed by atoms with van der Waals surface area (Å²) >= 11 is 0. The standard InChI is InChI=1S/C24H24N2O3/c1-25(24(27)17-14-19-12-15-22(16-13-19)26(28)29)23(21-10-6-3-7-11-21)18-20-8-4-2-5-9-20/h2-13,15-16,23H,14,17-18H2,1H3. The van der Waals surface area contributed by atoms with Gasteiger partial charge in [0.05, 0.1) is 11.0 Å². The topological polar surface area (TPSA) is 63.5 Å². The SMILES string of the molecule is CN(C(=O)CCc1ccc([N+](=O)[O-])cc1)C(Cc1ccccc1)c1ccccc1. The van der Waals surface area contributed by atoms with E-state index >= 15 is 0 Å². The fourth-order valence-electron chi connectivity index (χ4n) is 3.38. The van der Waals surface area contributed by atoms with Crippen molar-refractivity contribution < 1.29 is 9.72 Å². The van der Waals surface area contributed by atoms with E-state index in [2.05, 4.69) is 12.1 Å². The monoisotopic (exact) mass is 388 g/mol. The van der Waals surface area contributed by atoms with E-state index < -0.39 is 4.92 Å². The molecule has 5 nitrogen and oxygen atoms in total. The van der Waals surface area contributed by atoms with Crippen molar-refractivity contribution in [2.24, 2.45) is 0 Å². The minimum atomic E-state index is -0.420. The number of nitro groups is 1. The highest BCUT2D eigenvalue weighted by Crippen LogP contribution is 2.25. The number of benzene rings is 3. The molecular formula is C24H24N2O3. The summed E-state index contributed by atoms with van der Waals surface area (Å²) in [5.74, 6) is 0.0492. The lowest BCUT2D eigenvalue weighted by atomic mass is 9.97. The van der Waals surface area contributed by atoms with Crippen molar-refractivity contribution in [3.8, 4) is 0 Å². The molecule has 0 bridgehead atoms. The van der Waals surface area contributed by atoms with E-state index in [1.165, 1.54) is 17.7 Å². The second kappa shape index (κ2) is 9.64. The summed E-state index contributed by atoms with van der Waals surface area (Å²) in [6.07, 6.45) is 1.64. The molecule has 0 heterocycles. The van der Waals surface area contributed by atoms with Gasteiger partial charge in [-0.15, -0.1) is 0 Å². The van der Waals surface area contributed by atoms with Gasteiger partial charge in [0.2, 0.25) is 5.91 Å². The summed E-state index contributed by atoms with van der Waals surface area (Å²) in [7, 11) is 1.85. The van der Waals surface area contributed by atoms with E-state index in [9.17, 15) is 14.9 Å². The van der Waals surface area contributed by atoms with Crippen LogP contribution in [0.1, 0.15) is 29.2 Å². The Labute approximate surface area is 170 Å². The van der Waals surface area contributed by atoms with Crippen LogP contribution >= 0.6 is 0 Å². The summed E-state index contributed by atoms with van der Waals surface area (Å²) in [5, 5.41) is 10.8. The Morgan fingerprint density at radius 2 is 1.48 bits per heavy atom. The van der Waals surface area contributed by atoms with Crippen LogP contribution in [0.5, 0.6) is 0 Å². The Hall–Kier alpha value is -3.47. The van der Waals surface area contributed by atoms with Gasteiger partial charge < -0.3 is 4.90 Å². The Morgan fingerprint density at radius 3 is 2.07 bits per heavy atom.